The number of likely N-dealkylation sites (tertiary alicyclic amines) is 1. The van der Waals surface area contributed by atoms with Crippen LogP contribution < -0.4 is 11.1 Å². The Bertz CT molecular complexity index is 463. The van der Waals surface area contributed by atoms with Crippen molar-refractivity contribution in [2.75, 3.05) is 19.6 Å². The van der Waals surface area contributed by atoms with E-state index in [1.807, 2.05) is 0 Å². The maximum Gasteiger partial charge on any atom is 0.220 e. The summed E-state index contributed by atoms with van der Waals surface area (Å²) >= 11 is 0. The Morgan fingerprint density at radius 1 is 1.26 bits per heavy atom. The molecular weight excluding hydrogens is 333 g/mol. The molecule has 0 aliphatic carbocycles. The summed E-state index contributed by atoms with van der Waals surface area (Å²) in [6.07, 6.45) is 3.42. The van der Waals surface area contributed by atoms with E-state index in [1.54, 1.807) is 0 Å². The molecule has 0 unspecified atom stereocenters. The van der Waals surface area contributed by atoms with Gasteiger partial charge in [-0.05, 0) is 43.9 Å². The minimum absolute atomic E-state index is 0. The third-order valence-electron chi connectivity index (χ3n) is 4.22. The molecule has 132 valence electrons. The molecule has 0 bridgehead atoms. The molecule has 6 heteroatoms. The van der Waals surface area contributed by atoms with Gasteiger partial charge in [-0.3, -0.25) is 9.69 Å². The average molecular weight is 362 g/mol. The first-order valence-electron chi connectivity index (χ1n) is 7.95. The van der Waals surface area contributed by atoms with Crippen LogP contribution in [0.15, 0.2) is 24.3 Å². The highest BCUT2D eigenvalue weighted by atomic mass is 35.5. The van der Waals surface area contributed by atoms with Crippen molar-refractivity contribution in [1.82, 2.24) is 10.2 Å². The lowest BCUT2D eigenvalue weighted by Gasteiger charge is -2.32. The molecule has 1 amide bonds. The van der Waals surface area contributed by atoms with Crippen LogP contribution >= 0.6 is 24.8 Å². The van der Waals surface area contributed by atoms with Gasteiger partial charge in [0.15, 0.2) is 0 Å². The Hall–Kier alpha value is -0.810. The monoisotopic (exact) mass is 361 g/mol. The standard InChI is InChI=1S/C17H27N3O.2ClH/c1-14-5-2-3-6-15(14)13-20-11-8-16(9-12-20)19-17(21)7-4-10-18;;/h2-3,5-6,16H,4,7-13,18H2,1H3,(H,19,21);2*1H. The van der Waals surface area contributed by atoms with Crippen molar-refractivity contribution in [2.45, 2.75) is 45.2 Å². The quantitative estimate of drug-likeness (QED) is 0.818. The van der Waals surface area contributed by atoms with Crippen molar-refractivity contribution >= 4 is 30.7 Å². The van der Waals surface area contributed by atoms with E-state index in [0.717, 1.165) is 38.9 Å². The van der Waals surface area contributed by atoms with Crippen molar-refractivity contribution in [3.8, 4) is 0 Å². The molecule has 0 radical (unpaired) electrons. The molecule has 3 N–H and O–H groups in total. The van der Waals surface area contributed by atoms with E-state index in [1.165, 1.54) is 11.1 Å². The van der Waals surface area contributed by atoms with E-state index < -0.39 is 0 Å². The number of aryl methyl sites for hydroxylation is 1. The molecule has 4 nitrogen and oxygen atoms in total. The zero-order chi connectivity index (χ0) is 15.1. The van der Waals surface area contributed by atoms with E-state index in [-0.39, 0.29) is 30.7 Å². The summed E-state index contributed by atoms with van der Waals surface area (Å²) in [6, 6.07) is 8.90. The normalized spacial score (nSPS) is 15.4. The van der Waals surface area contributed by atoms with Crippen LogP contribution in [0.1, 0.15) is 36.8 Å². The fraction of sp³-hybridized carbons (Fsp3) is 0.588. The predicted molar refractivity (Wildman–Crippen MR) is 100 cm³/mol. The first kappa shape index (κ1) is 22.2. The fourth-order valence-corrected chi connectivity index (χ4v) is 2.83. The lowest BCUT2D eigenvalue weighted by molar-refractivity contribution is -0.122. The minimum Gasteiger partial charge on any atom is -0.353 e. The predicted octanol–water partition coefficient (Wildman–Crippen LogP) is 2.66. The molecule has 1 heterocycles. The number of amides is 1. The lowest BCUT2D eigenvalue weighted by atomic mass is 10.0. The number of benzene rings is 1. The summed E-state index contributed by atoms with van der Waals surface area (Å²) in [7, 11) is 0. The Balaban J connectivity index is 0.00000242. The largest absolute Gasteiger partial charge is 0.353 e. The highest BCUT2D eigenvalue weighted by Crippen LogP contribution is 2.16. The fourth-order valence-electron chi connectivity index (χ4n) is 2.83. The number of hydrogen-bond donors (Lipinski definition) is 2. The highest BCUT2D eigenvalue weighted by Gasteiger charge is 2.20. The summed E-state index contributed by atoms with van der Waals surface area (Å²) in [4.78, 5) is 14.2. The lowest BCUT2D eigenvalue weighted by Crippen LogP contribution is -2.44. The van der Waals surface area contributed by atoms with E-state index in [9.17, 15) is 4.79 Å². The number of nitrogens with zero attached hydrogens (tertiary/aromatic N) is 1. The third kappa shape index (κ3) is 7.53. The van der Waals surface area contributed by atoms with Crippen molar-refractivity contribution in [1.29, 1.82) is 0 Å². The molecule has 1 aromatic carbocycles. The molecular formula is C17H29Cl2N3O. The first-order valence-corrected chi connectivity index (χ1v) is 7.95. The maximum absolute atomic E-state index is 11.7. The second-order valence-corrected chi connectivity index (χ2v) is 5.94. The second-order valence-electron chi connectivity index (χ2n) is 5.94. The van der Waals surface area contributed by atoms with Crippen molar-refractivity contribution in [2.24, 2.45) is 5.73 Å². The number of halogens is 2. The van der Waals surface area contributed by atoms with Gasteiger partial charge in [0.2, 0.25) is 5.91 Å². The molecule has 0 spiro atoms. The molecule has 1 aromatic rings. The average Bonchev–Trinajstić information content (AvgIpc) is 2.49. The van der Waals surface area contributed by atoms with Crippen LogP contribution in [0, 0.1) is 6.92 Å². The van der Waals surface area contributed by atoms with Gasteiger partial charge in [-0.25, -0.2) is 0 Å². The number of piperidine rings is 1. The van der Waals surface area contributed by atoms with Crippen LogP contribution in [0.3, 0.4) is 0 Å². The minimum atomic E-state index is 0. The Morgan fingerprint density at radius 3 is 2.52 bits per heavy atom. The van der Waals surface area contributed by atoms with Crippen LogP contribution in [0.25, 0.3) is 0 Å². The molecule has 23 heavy (non-hydrogen) atoms. The highest BCUT2D eigenvalue weighted by molar-refractivity contribution is 5.85. The molecule has 0 atom stereocenters. The summed E-state index contributed by atoms with van der Waals surface area (Å²) < 4.78 is 0. The number of carbonyl (C=O) groups excluding carboxylic acids is 1. The number of nitrogens with two attached hydrogens (primary N) is 1. The third-order valence-corrected chi connectivity index (χ3v) is 4.22. The molecule has 1 fully saturated rings. The van der Waals surface area contributed by atoms with Gasteiger partial charge in [-0.15, -0.1) is 24.8 Å². The van der Waals surface area contributed by atoms with Gasteiger partial charge in [0.05, 0.1) is 0 Å². The summed E-state index contributed by atoms with van der Waals surface area (Å²) in [5, 5.41) is 3.13. The number of rotatable bonds is 6. The molecule has 1 aliphatic heterocycles. The van der Waals surface area contributed by atoms with E-state index in [2.05, 4.69) is 41.4 Å². The first-order chi connectivity index (χ1) is 10.2. The van der Waals surface area contributed by atoms with Crippen LogP contribution in [-0.4, -0.2) is 36.5 Å². The molecule has 0 aromatic heterocycles. The molecule has 1 saturated heterocycles. The molecule has 2 rings (SSSR count). The van der Waals surface area contributed by atoms with Gasteiger partial charge in [0, 0.05) is 32.1 Å². The van der Waals surface area contributed by atoms with Crippen LogP contribution in [0.2, 0.25) is 0 Å². The van der Waals surface area contributed by atoms with Gasteiger partial charge in [-0.1, -0.05) is 24.3 Å². The van der Waals surface area contributed by atoms with Crippen LogP contribution in [-0.2, 0) is 11.3 Å². The number of hydrogen-bond acceptors (Lipinski definition) is 3. The van der Waals surface area contributed by atoms with Gasteiger partial charge < -0.3 is 11.1 Å². The van der Waals surface area contributed by atoms with Crippen molar-refractivity contribution in [3.63, 3.8) is 0 Å². The zero-order valence-electron chi connectivity index (χ0n) is 13.8. The van der Waals surface area contributed by atoms with Gasteiger partial charge in [-0.2, -0.15) is 0 Å². The molecule has 1 aliphatic rings. The van der Waals surface area contributed by atoms with E-state index in [4.69, 9.17) is 5.73 Å². The van der Waals surface area contributed by atoms with Gasteiger partial charge >= 0.3 is 0 Å². The Kier molecular flexibility index (Phi) is 11.3. The maximum atomic E-state index is 11.7. The van der Waals surface area contributed by atoms with Crippen LogP contribution in [0.4, 0.5) is 0 Å². The molecule has 0 saturated carbocycles. The number of carbonyl (C=O) groups is 1. The Labute approximate surface area is 152 Å². The SMILES string of the molecule is Cc1ccccc1CN1CCC(NC(=O)CCCN)CC1.Cl.Cl. The van der Waals surface area contributed by atoms with Crippen molar-refractivity contribution < 1.29 is 4.79 Å². The van der Waals surface area contributed by atoms with Gasteiger partial charge in [0.25, 0.3) is 0 Å². The summed E-state index contributed by atoms with van der Waals surface area (Å²) in [6.45, 7) is 5.87. The smallest absolute Gasteiger partial charge is 0.220 e. The summed E-state index contributed by atoms with van der Waals surface area (Å²) in [5.41, 5.74) is 8.19. The second kappa shape index (κ2) is 11.7. The van der Waals surface area contributed by atoms with Crippen molar-refractivity contribution in [3.05, 3.63) is 35.4 Å². The zero-order valence-corrected chi connectivity index (χ0v) is 15.4. The van der Waals surface area contributed by atoms with E-state index in [0.29, 0.717) is 19.0 Å². The van der Waals surface area contributed by atoms with Crippen LogP contribution in [0.5, 0.6) is 0 Å². The van der Waals surface area contributed by atoms with Gasteiger partial charge in [0.1, 0.15) is 0 Å². The van der Waals surface area contributed by atoms with E-state index >= 15 is 0 Å². The topological polar surface area (TPSA) is 58.4 Å². The Morgan fingerprint density at radius 2 is 1.91 bits per heavy atom. The summed E-state index contributed by atoms with van der Waals surface area (Å²) in [5.74, 6) is 0.151. The number of nitrogens with one attached hydrogen (secondary N) is 1.